The van der Waals surface area contributed by atoms with Crippen LogP contribution in [0.25, 0.3) is 0 Å². The largest absolute Gasteiger partial charge is 0.492 e. The summed E-state index contributed by atoms with van der Waals surface area (Å²) >= 11 is 6.24. The SMILES string of the molecule is CCOc1cc(C)c(CN2CCNCC2)cc1Cl. The van der Waals surface area contributed by atoms with Gasteiger partial charge in [0.05, 0.1) is 11.6 Å². The molecule has 1 saturated heterocycles. The van der Waals surface area contributed by atoms with E-state index in [1.165, 1.54) is 11.1 Å². The van der Waals surface area contributed by atoms with Crippen molar-refractivity contribution in [2.24, 2.45) is 0 Å². The van der Waals surface area contributed by atoms with Crippen LogP contribution < -0.4 is 10.1 Å². The molecule has 0 aliphatic carbocycles. The summed E-state index contributed by atoms with van der Waals surface area (Å²) in [5, 5.41) is 4.08. The number of aryl methyl sites for hydroxylation is 1. The van der Waals surface area contributed by atoms with Gasteiger partial charge < -0.3 is 10.1 Å². The smallest absolute Gasteiger partial charge is 0.138 e. The van der Waals surface area contributed by atoms with Crippen LogP contribution >= 0.6 is 11.6 Å². The molecule has 0 radical (unpaired) electrons. The second-order valence-corrected chi connectivity index (χ2v) is 5.08. The maximum Gasteiger partial charge on any atom is 0.138 e. The summed E-state index contributed by atoms with van der Waals surface area (Å²) in [5.41, 5.74) is 2.55. The summed E-state index contributed by atoms with van der Waals surface area (Å²) in [5.74, 6) is 0.792. The van der Waals surface area contributed by atoms with Gasteiger partial charge in [-0.05, 0) is 37.1 Å². The summed E-state index contributed by atoms with van der Waals surface area (Å²) in [6.07, 6.45) is 0. The van der Waals surface area contributed by atoms with E-state index in [2.05, 4.69) is 17.1 Å². The molecule has 18 heavy (non-hydrogen) atoms. The molecule has 0 aromatic heterocycles. The number of hydrogen-bond acceptors (Lipinski definition) is 3. The molecule has 0 saturated carbocycles. The molecule has 1 aliphatic heterocycles. The molecular weight excluding hydrogens is 248 g/mol. The Morgan fingerprint density at radius 2 is 2.06 bits per heavy atom. The minimum Gasteiger partial charge on any atom is -0.492 e. The lowest BCUT2D eigenvalue weighted by Crippen LogP contribution is -2.43. The molecule has 1 heterocycles. The van der Waals surface area contributed by atoms with Crippen molar-refractivity contribution in [3.63, 3.8) is 0 Å². The second-order valence-electron chi connectivity index (χ2n) is 4.67. The summed E-state index contributed by atoms with van der Waals surface area (Å²) in [6, 6.07) is 4.09. The Labute approximate surface area is 114 Å². The van der Waals surface area contributed by atoms with Gasteiger partial charge in [-0.1, -0.05) is 11.6 Å². The van der Waals surface area contributed by atoms with Crippen molar-refractivity contribution in [2.45, 2.75) is 20.4 Å². The number of ether oxygens (including phenoxy) is 1. The fourth-order valence-corrected chi connectivity index (χ4v) is 2.48. The van der Waals surface area contributed by atoms with Crippen LogP contribution in [0.4, 0.5) is 0 Å². The normalized spacial score (nSPS) is 16.8. The quantitative estimate of drug-likeness (QED) is 0.908. The van der Waals surface area contributed by atoms with Gasteiger partial charge in [0.1, 0.15) is 5.75 Å². The van der Waals surface area contributed by atoms with Crippen LogP contribution in [0.5, 0.6) is 5.75 Å². The zero-order chi connectivity index (χ0) is 13.0. The Hall–Kier alpha value is -0.770. The molecule has 1 fully saturated rings. The highest BCUT2D eigenvalue weighted by atomic mass is 35.5. The van der Waals surface area contributed by atoms with Crippen molar-refractivity contribution in [3.8, 4) is 5.75 Å². The first-order valence-corrected chi connectivity index (χ1v) is 6.93. The summed E-state index contributed by atoms with van der Waals surface area (Å²) < 4.78 is 5.51. The van der Waals surface area contributed by atoms with E-state index >= 15 is 0 Å². The number of nitrogens with zero attached hydrogens (tertiary/aromatic N) is 1. The minimum atomic E-state index is 0.649. The van der Waals surface area contributed by atoms with Crippen molar-refractivity contribution in [1.82, 2.24) is 10.2 Å². The van der Waals surface area contributed by atoms with Crippen LogP contribution in [0.2, 0.25) is 5.02 Å². The van der Waals surface area contributed by atoms with Crippen LogP contribution in [0.1, 0.15) is 18.1 Å². The molecule has 4 heteroatoms. The van der Waals surface area contributed by atoms with Gasteiger partial charge in [-0.2, -0.15) is 0 Å². The van der Waals surface area contributed by atoms with E-state index in [4.69, 9.17) is 16.3 Å². The predicted octanol–water partition coefficient (Wildman–Crippen LogP) is 2.45. The average Bonchev–Trinajstić information content (AvgIpc) is 2.37. The van der Waals surface area contributed by atoms with Gasteiger partial charge in [0.2, 0.25) is 0 Å². The van der Waals surface area contributed by atoms with Crippen molar-refractivity contribution in [1.29, 1.82) is 0 Å². The molecule has 0 amide bonds. The van der Waals surface area contributed by atoms with Crippen LogP contribution in [0.3, 0.4) is 0 Å². The lowest BCUT2D eigenvalue weighted by Gasteiger charge is -2.28. The van der Waals surface area contributed by atoms with E-state index in [-0.39, 0.29) is 0 Å². The van der Waals surface area contributed by atoms with Gasteiger partial charge in [-0.25, -0.2) is 0 Å². The van der Waals surface area contributed by atoms with E-state index in [0.29, 0.717) is 11.6 Å². The third-order valence-corrected chi connectivity index (χ3v) is 3.59. The number of rotatable bonds is 4. The Balaban J connectivity index is 2.10. The van der Waals surface area contributed by atoms with E-state index in [9.17, 15) is 0 Å². The third kappa shape index (κ3) is 3.37. The minimum absolute atomic E-state index is 0.649. The number of halogens is 1. The molecule has 3 nitrogen and oxygen atoms in total. The fraction of sp³-hybridized carbons (Fsp3) is 0.571. The zero-order valence-corrected chi connectivity index (χ0v) is 11.9. The fourth-order valence-electron chi connectivity index (χ4n) is 2.24. The number of benzene rings is 1. The molecule has 1 N–H and O–H groups in total. The molecule has 0 unspecified atom stereocenters. The summed E-state index contributed by atoms with van der Waals surface area (Å²) in [7, 11) is 0. The van der Waals surface area contributed by atoms with E-state index in [1.807, 2.05) is 19.1 Å². The lowest BCUT2D eigenvalue weighted by molar-refractivity contribution is 0.232. The molecule has 2 rings (SSSR count). The molecule has 0 bridgehead atoms. The van der Waals surface area contributed by atoms with Crippen LogP contribution in [0, 0.1) is 6.92 Å². The Bertz CT molecular complexity index is 403. The lowest BCUT2D eigenvalue weighted by atomic mass is 10.1. The summed E-state index contributed by atoms with van der Waals surface area (Å²) in [4.78, 5) is 2.45. The second kappa shape index (κ2) is 6.41. The van der Waals surface area contributed by atoms with E-state index < -0.39 is 0 Å². The first-order valence-electron chi connectivity index (χ1n) is 6.55. The maximum absolute atomic E-state index is 6.24. The average molecular weight is 269 g/mol. The highest BCUT2D eigenvalue weighted by Crippen LogP contribution is 2.28. The standard InChI is InChI=1S/C14H21ClN2O/c1-3-18-14-8-11(2)12(9-13(14)15)10-17-6-4-16-5-7-17/h8-9,16H,3-7,10H2,1-2H3. The van der Waals surface area contributed by atoms with Gasteiger partial charge in [0.25, 0.3) is 0 Å². The predicted molar refractivity (Wildman–Crippen MR) is 75.5 cm³/mol. The van der Waals surface area contributed by atoms with E-state index in [1.54, 1.807) is 0 Å². The van der Waals surface area contributed by atoms with Gasteiger partial charge in [0, 0.05) is 32.7 Å². The summed E-state index contributed by atoms with van der Waals surface area (Å²) in [6.45, 7) is 10.1. The maximum atomic E-state index is 6.24. The van der Waals surface area contributed by atoms with Gasteiger partial charge in [-0.15, -0.1) is 0 Å². The van der Waals surface area contributed by atoms with Crippen LogP contribution in [-0.2, 0) is 6.54 Å². The first-order chi connectivity index (χ1) is 8.70. The van der Waals surface area contributed by atoms with Crippen LogP contribution in [-0.4, -0.2) is 37.7 Å². The Morgan fingerprint density at radius 1 is 1.33 bits per heavy atom. The molecule has 1 aliphatic rings. The third-order valence-electron chi connectivity index (χ3n) is 3.29. The molecular formula is C14H21ClN2O. The van der Waals surface area contributed by atoms with E-state index in [0.717, 1.165) is 38.5 Å². The highest BCUT2D eigenvalue weighted by molar-refractivity contribution is 6.32. The van der Waals surface area contributed by atoms with Crippen molar-refractivity contribution >= 4 is 11.6 Å². The highest BCUT2D eigenvalue weighted by Gasteiger charge is 2.13. The van der Waals surface area contributed by atoms with Gasteiger partial charge >= 0.3 is 0 Å². The Kier molecular flexibility index (Phi) is 4.87. The molecule has 100 valence electrons. The monoisotopic (exact) mass is 268 g/mol. The van der Waals surface area contributed by atoms with Crippen molar-refractivity contribution in [3.05, 3.63) is 28.3 Å². The Morgan fingerprint density at radius 3 is 2.72 bits per heavy atom. The first kappa shape index (κ1) is 13.7. The van der Waals surface area contributed by atoms with Gasteiger partial charge in [-0.3, -0.25) is 4.90 Å². The number of nitrogens with one attached hydrogen (secondary N) is 1. The van der Waals surface area contributed by atoms with Crippen LogP contribution in [0.15, 0.2) is 12.1 Å². The van der Waals surface area contributed by atoms with Gasteiger partial charge in [0.15, 0.2) is 0 Å². The molecule has 1 aromatic carbocycles. The van der Waals surface area contributed by atoms with Crippen molar-refractivity contribution < 1.29 is 4.74 Å². The number of piperazine rings is 1. The molecule has 1 aromatic rings. The number of hydrogen-bond donors (Lipinski definition) is 1. The van der Waals surface area contributed by atoms with Crippen molar-refractivity contribution in [2.75, 3.05) is 32.8 Å². The molecule has 0 spiro atoms. The zero-order valence-electron chi connectivity index (χ0n) is 11.1. The molecule has 0 atom stereocenters. The topological polar surface area (TPSA) is 24.5 Å².